The van der Waals surface area contributed by atoms with E-state index in [2.05, 4.69) is 43.3 Å². The van der Waals surface area contributed by atoms with Crippen molar-refractivity contribution in [2.24, 2.45) is 0 Å². The standard InChI is InChI=1S/C34H44O5/c1-2-3-4-5-6-16-23-36-34-33(38-26-30-21-14-9-15-22-30)32(37-25-29-19-12-8-13-20-29)31(39-34)27-35-24-28-17-10-7-11-18-28/h7-15,17-22,31-34H,2-6,16,23-27H2,1H3/t31-,32-,33+,34+/m1/s1. The smallest absolute Gasteiger partial charge is 0.186 e. The Morgan fingerprint density at radius 1 is 0.564 bits per heavy atom. The molecular formula is C34H44O5. The Kier molecular flexibility index (Phi) is 13.0. The maximum atomic E-state index is 6.50. The van der Waals surface area contributed by atoms with Crippen LogP contribution in [0.3, 0.4) is 0 Å². The van der Waals surface area contributed by atoms with Crippen molar-refractivity contribution in [1.29, 1.82) is 0 Å². The molecule has 1 saturated heterocycles. The number of hydrogen-bond acceptors (Lipinski definition) is 5. The fraction of sp³-hybridized carbons (Fsp3) is 0.471. The van der Waals surface area contributed by atoms with Gasteiger partial charge in [-0.25, -0.2) is 0 Å². The average Bonchev–Trinajstić information content (AvgIpc) is 3.32. The summed E-state index contributed by atoms with van der Waals surface area (Å²) < 4.78 is 31.8. The van der Waals surface area contributed by atoms with E-state index in [9.17, 15) is 0 Å². The van der Waals surface area contributed by atoms with Crippen LogP contribution in [0.2, 0.25) is 0 Å². The van der Waals surface area contributed by atoms with Crippen molar-refractivity contribution in [2.75, 3.05) is 13.2 Å². The van der Waals surface area contributed by atoms with Gasteiger partial charge in [0, 0.05) is 6.61 Å². The second kappa shape index (κ2) is 17.2. The van der Waals surface area contributed by atoms with Crippen molar-refractivity contribution in [3.8, 4) is 0 Å². The number of unbranched alkanes of at least 4 members (excludes halogenated alkanes) is 5. The Balaban J connectivity index is 1.41. The summed E-state index contributed by atoms with van der Waals surface area (Å²) in [6.45, 7) is 4.74. The Hall–Kier alpha value is -2.54. The second-order valence-corrected chi connectivity index (χ2v) is 10.2. The molecule has 1 heterocycles. The lowest BCUT2D eigenvalue weighted by atomic mass is 10.1. The van der Waals surface area contributed by atoms with Crippen molar-refractivity contribution < 1.29 is 23.7 Å². The summed E-state index contributed by atoms with van der Waals surface area (Å²) in [5, 5.41) is 0. The lowest BCUT2D eigenvalue weighted by molar-refractivity contribution is -0.185. The molecule has 0 N–H and O–H groups in total. The molecule has 3 aromatic carbocycles. The van der Waals surface area contributed by atoms with Gasteiger partial charge in [-0.2, -0.15) is 0 Å². The van der Waals surface area contributed by atoms with Gasteiger partial charge in [0.1, 0.15) is 18.3 Å². The summed E-state index contributed by atoms with van der Waals surface area (Å²) in [6.07, 6.45) is 5.78. The van der Waals surface area contributed by atoms with Crippen LogP contribution in [0.25, 0.3) is 0 Å². The average molecular weight is 533 g/mol. The van der Waals surface area contributed by atoms with Crippen molar-refractivity contribution in [1.82, 2.24) is 0 Å². The van der Waals surface area contributed by atoms with Gasteiger partial charge in [-0.15, -0.1) is 0 Å². The molecule has 4 rings (SSSR count). The van der Waals surface area contributed by atoms with Crippen LogP contribution in [-0.4, -0.2) is 37.8 Å². The number of benzene rings is 3. The molecule has 1 aliphatic heterocycles. The fourth-order valence-corrected chi connectivity index (χ4v) is 4.82. The van der Waals surface area contributed by atoms with Gasteiger partial charge in [0.2, 0.25) is 0 Å². The molecule has 0 amide bonds. The minimum Gasteiger partial charge on any atom is -0.374 e. The predicted molar refractivity (Wildman–Crippen MR) is 154 cm³/mol. The van der Waals surface area contributed by atoms with Gasteiger partial charge in [0.15, 0.2) is 6.29 Å². The first kappa shape index (κ1) is 29.4. The van der Waals surface area contributed by atoms with E-state index in [1.165, 1.54) is 32.1 Å². The van der Waals surface area contributed by atoms with Crippen LogP contribution in [0.15, 0.2) is 91.0 Å². The highest BCUT2D eigenvalue weighted by molar-refractivity contribution is 5.15. The van der Waals surface area contributed by atoms with E-state index in [0.29, 0.717) is 33.0 Å². The highest BCUT2D eigenvalue weighted by Crippen LogP contribution is 2.30. The van der Waals surface area contributed by atoms with Crippen molar-refractivity contribution >= 4 is 0 Å². The van der Waals surface area contributed by atoms with E-state index in [1.807, 2.05) is 54.6 Å². The van der Waals surface area contributed by atoms with Crippen molar-refractivity contribution in [3.05, 3.63) is 108 Å². The molecule has 5 nitrogen and oxygen atoms in total. The second-order valence-electron chi connectivity index (χ2n) is 10.2. The minimum atomic E-state index is -0.504. The van der Waals surface area contributed by atoms with Crippen LogP contribution in [0.4, 0.5) is 0 Å². The maximum Gasteiger partial charge on any atom is 0.186 e. The lowest BCUT2D eigenvalue weighted by Gasteiger charge is -2.25. The van der Waals surface area contributed by atoms with Crippen LogP contribution in [0, 0.1) is 0 Å². The number of rotatable bonds is 18. The van der Waals surface area contributed by atoms with Gasteiger partial charge in [-0.1, -0.05) is 130 Å². The van der Waals surface area contributed by atoms with Gasteiger partial charge in [0.05, 0.1) is 26.4 Å². The summed E-state index contributed by atoms with van der Waals surface area (Å²) in [7, 11) is 0. The van der Waals surface area contributed by atoms with Gasteiger partial charge in [0.25, 0.3) is 0 Å². The summed E-state index contributed by atoms with van der Waals surface area (Å²) in [5.74, 6) is 0. The minimum absolute atomic E-state index is 0.298. The summed E-state index contributed by atoms with van der Waals surface area (Å²) in [5.41, 5.74) is 3.35. The molecule has 1 fully saturated rings. The SMILES string of the molecule is CCCCCCCCO[C@H]1O[C@H](COCc2ccccc2)[C@@H](OCc2ccccc2)[C@@H]1OCc1ccccc1. The Morgan fingerprint density at radius 3 is 1.67 bits per heavy atom. The van der Waals surface area contributed by atoms with Crippen LogP contribution >= 0.6 is 0 Å². The molecule has 0 aromatic heterocycles. The summed E-state index contributed by atoms with van der Waals surface area (Å²) >= 11 is 0. The molecular weight excluding hydrogens is 488 g/mol. The first-order valence-corrected chi connectivity index (χ1v) is 14.5. The Labute approximate surface area is 234 Å². The Bertz CT molecular complexity index is 1010. The van der Waals surface area contributed by atoms with Gasteiger partial charge < -0.3 is 23.7 Å². The molecule has 3 aromatic rings. The molecule has 5 heteroatoms. The van der Waals surface area contributed by atoms with Crippen molar-refractivity contribution in [3.63, 3.8) is 0 Å². The third-order valence-corrected chi connectivity index (χ3v) is 7.01. The number of hydrogen-bond donors (Lipinski definition) is 0. The molecule has 0 radical (unpaired) electrons. The maximum absolute atomic E-state index is 6.50. The summed E-state index contributed by atoms with van der Waals surface area (Å²) in [4.78, 5) is 0. The van der Waals surface area contributed by atoms with Crippen LogP contribution < -0.4 is 0 Å². The molecule has 210 valence electrons. The molecule has 1 aliphatic rings. The van der Waals surface area contributed by atoms with Crippen molar-refractivity contribution in [2.45, 2.75) is 89.9 Å². The molecule has 0 spiro atoms. The monoisotopic (exact) mass is 532 g/mol. The molecule has 0 bridgehead atoms. The third-order valence-electron chi connectivity index (χ3n) is 7.01. The zero-order valence-electron chi connectivity index (χ0n) is 23.3. The first-order chi connectivity index (χ1) is 19.3. The van der Waals surface area contributed by atoms with E-state index in [-0.39, 0.29) is 18.3 Å². The molecule has 0 saturated carbocycles. The van der Waals surface area contributed by atoms with E-state index in [0.717, 1.165) is 23.1 Å². The quantitative estimate of drug-likeness (QED) is 0.159. The van der Waals surface area contributed by atoms with Crippen LogP contribution in [-0.2, 0) is 43.5 Å². The van der Waals surface area contributed by atoms with Gasteiger partial charge in [-0.3, -0.25) is 0 Å². The van der Waals surface area contributed by atoms with Gasteiger partial charge >= 0.3 is 0 Å². The highest BCUT2D eigenvalue weighted by Gasteiger charge is 2.47. The molecule has 4 atom stereocenters. The molecule has 39 heavy (non-hydrogen) atoms. The van der Waals surface area contributed by atoms with Crippen LogP contribution in [0.5, 0.6) is 0 Å². The largest absolute Gasteiger partial charge is 0.374 e. The van der Waals surface area contributed by atoms with Gasteiger partial charge in [-0.05, 0) is 23.1 Å². The van der Waals surface area contributed by atoms with E-state index < -0.39 is 6.29 Å². The topological polar surface area (TPSA) is 46.2 Å². The Morgan fingerprint density at radius 2 is 1.08 bits per heavy atom. The number of ether oxygens (including phenoxy) is 5. The molecule has 0 unspecified atom stereocenters. The van der Waals surface area contributed by atoms with E-state index >= 15 is 0 Å². The normalized spacial score (nSPS) is 20.8. The first-order valence-electron chi connectivity index (χ1n) is 14.5. The third kappa shape index (κ3) is 10.2. The van der Waals surface area contributed by atoms with E-state index in [4.69, 9.17) is 23.7 Å². The highest BCUT2D eigenvalue weighted by atomic mass is 16.7. The zero-order valence-corrected chi connectivity index (χ0v) is 23.3. The summed E-state index contributed by atoms with van der Waals surface area (Å²) in [6, 6.07) is 30.6. The molecule has 0 aliphatic carbocycles. The van der Waals surface area contributed by atoms with Crippen LogP contribution in [0.1, 0.15) is 62.1 Å². The van der Waals surface area contributed by atoms with E-state index in [1.54, 1.807) is 0 Å². The lowest BCUT2D eigenvalue weighted by Crippen LogP contribution is -2.39. The predicted octanol–water partition coefficient (Wildman–Crippen LogP) is 7.48. The fourth-order valence-electron chi connectivity index (χ4n) is 4.82. The zero-order chi connectivity index (χ0) is 27.0.